The molecule has 2 aromatic carbocycles. The van der Waals surface area contributed by atoms with Crippen molar-refractivity contribution >= 4 is 22.6 Å². The summed E-state index contributed by atoms with van der Waals surface area (Å²) in [5.41, 5.74) is -6.09. The van der Waals surface area contributed by atoms with Gasteiger partial charge in [-0.2, -0.15) is 26.3 Å². The van der Waals surface area contributed by atoms with Crippen molar-refractivity contribution in [3.8, 4) is 0 Å². The van der Waals surface area contributed by atoms with Crippen molar-refractivity contribution in [3.05, 3.63) is 66.0 Å². The summed E-state index contributed by atoms with van der Waals surface area (Å²) in [7, 11) is -1.18. The molecule has 1 saturated heterocycles. The average molecular weight is 625 g/mol. The number of nitrogens with one attached hydrogen (secondary N) is 1. The number of likely N-dealkylation sites (tertiary alicyclic amines) is 1. The van der Waals surface area contributed by atoms with Crippen LogP contribution in [0.3, 0.4) is 0 Å². The second-order valence-corrected chi connectivity index (χ2v) is 12.0. The van der Waals surface area contributed by atoms with E-state index in [9.17, 15) is 44.5 Å². The molecule has 2 N–H and O–H groups in total. The van der Waals surface area contributed by atoms with E-state index in [1.165, 1.54) is 18.2 Å². The molecule has 2 amide bonds. The standard InChI is InChI=1S/C19H25FN2O3S.C9H6F6O/c1-13(23)22-10-8-14(9-11-22)19(24)21-16-4-7-18(12-16)26(25)17-5-2-15(20)3-6-17;10-8(11,12)7(16,9(13,14)15)6-4-2-1-3-5-6/h2-3,5-6,14,16,18H,4,7-12H2,1H3,(H,21,24);1-5,16H. The number of carbonyl (C=O) groups is 2. The number of hydrogen-bond donors (Lipinski definition) is 2. The molecule has 1 heterocycles. The Morgan fingerprint density at radius 3 is 1.93 bits per heavy atom. The number of halogens is 7. The summed E-state index contributed by atoms with van der Waals surface area (Å²) in [6.45, 7) is 2.82. The molecule has 14 heteroatoms. The molecule has 1 aliphatic heterocycles. The van der Waals surface area contributed by atoms with Crippen LogP contribution in [-0.4, -0.2) is 62.8 Å². The third-order valence-corrected chi connectivity index (χ3v) is 9.17. The van der Waals surface area contributed by atoms with E-state index in [0.717, 1.165) is 25.0 Å². The number of alkyl halides is 6. The second kappa shape index (κ2) is 13.5. The molecule has 232 valence electrons. The van der Waals surface area contributed by atoms with E-state index in [0.29, 0.717) is 49.4 Å². The van der Waals surface area contributed by atoms with Gasteiger partial charge in [0.1, 0.15) is 5.82 Å². The van der Waals surface area contributed by atoms with Gasteiger partial charge in [-0.3, -0.25) is 13.8 Å². The molecule has 2 aromatic rings. The van der Waals surface area contributed by atoms with E-state index in [2.05, 4.69) is 5.32 Å². The Morgan fingerprint density at radius 1 is 0.881 bits per heavy atom. The molecule has 2 fully saturated rings. The van der Waals surface area contributed by atoms with Crippen LogP contribution in [0.15, 0.2) is 59.5 Å². The number of piperidine rings is 1. The van der Waals surface area contributed by atoms with Gasteiger partial charge in [0.05, 0.1) is 10.8 Å². The predicted molar refractivity (Wildman–Crippen MR) is 140 cm³/mol. The highest BCUT2D eigenvalue weighted by atomic mass is 32.2. The van der Waals surface area contributed by atoms with Crippen LogP contribution < -0.4 is 5.32 Å². The molecule has 3 atom stereocenters. The third kappa shape index (κ3) is 7.88. The molecule has 3 unspecified atom stereocenters. The lowest BCUT2D eigenvalue weighted by Gasteiger charge is -2.32. The summed E-state index contributed by atoms with van der Waals surface area (Å²) in [4.78, 5) is 26.3. The van der Waals surface area contributed by atoms with Crippen LogP contribution in [0.5, 0.6) is 0 Å². The Balaban J connectivity index is 0.000000260. The van der Waals surface area contributed by atoms with Gasteiger partial charge in [-0.15, -0.1) is 0 Å². The van der Waals surface area contributed by atoms with E-state index >= 15 is 0 Å². The van der Waals surface area contributed by atoms with Gasteiger partial charge in [-0.05, 0) is 56.4 Å². The molecule has 1 aliphatic carbocycles. The molecule has 0 radical (unpaired) electrons. The van der Waals surface area contributed by atoms with E-state index in [1.807, 2.05) is 0 Å². The monoisotopic (exact) mass is 624 g/mol. The van der Waals surface area contributed by atoms with Crippen LogP contribution in [-0.2, 0) is 26.0 Å². The molecular weight excluding hydrogens is 593 g/mol. The number of rotatable bonds is 5. The molecule has 4 rings (SSSR count). The molecule has 0 spiro atoms. The lowest BCUT2D eigenvalue weighted by molar-refractivity contribution is -0.376. The van der Waals surface area contributed by atoms with Crippen molar-refractivity contribution in [2.45, 2.75) is 73.2 Å². The summed E-state index contributed by atoms with van der Waals surface area (Å²) < 4.78 is 99.5. The van der Waals surface area contributed by atoms with Crippen LogP contribution in [0.2, 0.25) is 0 Å². The molecule has 6 nitrogen and oxygen atoms in total. The van der Waals surface area contributed by atoms with Crippen molar-refractivity contribution in [1.82, 2.24) is 10.2 Å². The average Bonchev–Trinajstić information content (AvgIpc) is 3.40. The number of carbonyl (C=O) groups excluding carboxylic acids is 2. The number of aliphatic hydroxyl groups is 1. The highest BCUT2D eigenvalue weighted by Gasteiger charge is 2.71. The van der Waals surface area contributed by atoms with Crippen molar-refractivity contribution in [2.75, 3.05) is 13.1 Å². The zero-order valence-corrected chi connectivity index (χ0v) is 23.4. The highest BCUT2D eigenvalue weighted by molar-refractivity contribution is 7.85. The molecule has 42 heavy (non-hydrogen) atoms. The summed E-state index contributed by atoms with van der Waals surface area (Å²) in [6, 6.07) is 10.2. The van der Waals surface area contributed by atoms with Gasteiger partial charge < -0.3 is 15.3 Å². The smallest absolute Gasteiger partial charge is 0.369 e. The van der Waals surface area contributed by atoms with Crippen LogP contribution >= 0.6 is 0 Å². The number of hydrogen-bond acceptors (Lipinski definition) is 4. The Morgan fingerprint density at radius 2 is 1.43 bits per heavy atom. The van der Waals surface area contributed by atoms with Crippen molar-refractivity contribution in [2.24, 2.45) is 5.92 Å². The van der Waals surface area contributed by atoms with Crippen molar-refractivity contribution in [3.63, 3.8) is 0 Å². The molecular formula is C28H31F7N2O4S. The number of benzene rings is 2. The Hall–Kier alpha value is -3.00. The van der Waals surface area contributed by atoms with E-state index in [-0.39, 0.29) is 34.8 Å². The zero-order valence-electron chi connectivity index (χ0n) is 22.6. The maximum Gasteiger partial charge on any atom is 0.430 e. The van der Waals surface area contributed by atoms with Gasteiger partial charge >= 0.3 is 12.4 Å². The van der Waals surface area contributed by atoms with E-state index in [1.54, 1.807) is 24.0 Å². The first-order valence-electron chi connectivity index (χ1n) is 13.2. The van der Waals surface area contributed by atoms with Crippen LogP contribution in [0.4, 0.5) is 30.7 Å². The van der Waals surface area contributed by atoms with Gasteiger partial charge in [0.2, 0.25) is 11.8 Å². The topological polar surface area (TPSA) is 86.7 Å². The quantitative estimate of drug-likeness (QED) is 0.447. The summed E-state index contributed by atoms with van der Waals surface area (Å²) >= 11 is 0. The van der Waals surface area contributed by atoms with Gasteiger partial charge in [-0.25, -0.2) is 4.39 Å². The molecule has 1 saturated carbocycles. The van der Waals surface area contributed by atoms with Crippen LogP contribution in [0.25, 0.3) is 0 Å². The minimum absolute atomic E-state index is 0.00896. The fourth-order valence-electron chi connectivity index (χ4n) is 4.97. The predicted octanol–water partition coefficient (Wildman–Crippen LogP) is 5.23. The normalized spacial score (nSPS) is 20.8. The number of nitrogens with zero attached hydrogens (tertiary/aromatic N) is 1. The Bertz CT molecular complexity index is 1220. The first kappa shape index (κ1) is 33.5. The summed E-state index contributed by atoms with van der Waals surface area (Å²) in [5, 5.41) is 12.0. The summed E-state index contributed by atoms with van der Waals surface area (Å²) in [6.07, 6.45) is -7.97. The summed E-state index contributed by atoms with van der Waals surface area (Å²) in [5.74, 6) is -0.275. The highest BCUT2D eigenvalue weighted by Crippen LogP contribution is 2.49. The Kier molecular flexibility index (Phi) is 10.8. The maximum atomic E-state index is 13.0. The van der Waals surface area contributed by atoms with E-state index < -0.39 is 34.3 Å². The lowest BCUT2D eigenvalue weighted by Crippen LogP contribution is -2.53. The first-order valence-corrected chi connectivity index (χ1v) is 14.4. The largest absolute Gasteiger partial charge is 0.430 e. The van der Waals surface area contributed by atoms with Gasteiger partial charge in [0.15, 0.2) is 0 Å². The molecule has 0 bridgehead atoms. The lowest BCUT2D eigenvalue weighted by atomic mass is 9.92. The zero-order chi connectivity index (χ0) is 31.3. The minimum Gasteiger partial charge on any atom is -0.369 e. The van der Waals surface area contributed by atoms with Crippen molar-refractivity contribution < 1.29 is 49.6 Å². The fraction of sp³-hybridized carbons (Fsp3) is 0.500. The van der Waals surface area contributed by atoms with Gasteiger partial charge in [0.25, 0.3) is 5.60 Å². The molecule has 2 aliphatic rings. The van der Waals surface area contributed by atoms with Crippen LogP contribution in [0.1, 0.15) is 44.6 Å². The van der Waals surface area contributed by atoms with Gasteiger partial charge in [0, 0.05) is 47.7 Å². The SMILES string of the molecule is CC(=O)N1CCC(C(=O)NC2CCC(S(=O)c3ccc(F)cc3)C2)CC1.OC(c1ccccc1)(C(F)(F)F)C(F)(F)F. The van der Waals surface area contributed by atoms with Gasteiger partial charge in [-0.1, -0.05) is 30.3 Å². The van der Waals surface area contributed by atoms with Crippen molar-refractivity contribution in [1.29, 1.82) is 0 Å². The van der Waals surface area contributed by atoms with E-state index in [4.69, 9.17) is 5.11 Å². The number of amides is 2. The van der Waals surface area contributed by atoms with Crippen LogP contribution in [0, 0.1) is 11.7 Å². The fourth-order valence-corrected chi connectivity index (χ4v) is 6.52. The molecule has 0 aromatic heterocycles. The minimum atomic E-state index is -5.83. The maximum absolute atomic E-state index is 13.0. The first-order chi connectivity index (χ1) is 19.5. The third-order valence-electron chi connectivity index (χ3n) is 7.40. The second-order valence-electron chi connectivity index (χ2n) is 10.2. The Labute approximate surface area is 240 Å².